The van der Waals surface area contributed by atoms with Crippen LogP contribution < -0.4 is 15.4 Å². The lowest BCUT2D eigenvalue weighted by Gasteiger charge is -2.33. The van der Waals surface area contributed by atoms with Crippen LogP contribution in [0.25, 0.3) is 11.6 Å². The van der Waals surface area contributed by atoms with Crippen LogP contribution in [0.15, 0.2) is 28.7 Å². The Hall–Kier alpha value is -5.01. The standard InChI is InChI=1S/C36H37F4N9O3/c1-4-7-22-12-25(41)31(37)29(30(22)36(38,39)40)28-14-26-24(18-50-28)32(43-34(42-26)51-19-35-8-5-10-48(35)16-20(2)15-35)47-9-6-11-49-23(17-47)13-27(46-49)33-45-44-21(3)52-33/h12-13,28H,2,5-6,8-11,14-19,41H2,1,3H3/t28-,35+/m0/s1. The fourth-order valence-electron chi connectivity index (χ4n) is 8.08. The van der Waals surface area contributed by atoms with E-state index >= 15 is 4.39 Å². The maximum atomic E-state index is 15.7. The number of anilines is 2. The van der Waals surface area contributed by atoms with Gasteiger partial charge in [-0.25, -0.2) is 4.39 Å². The first-order valence-electron chi connectivity index (χ1n) is 17.2. The number of fused-ring (bicyclic) bond motifs is 3. The fourth-order valence-corrected chi connectivity index (χ4v) is 8.08. The van der Waals surface area contributed by atoms with E-state index in [1.165, 1.54) is 6.92 Å². The van der Waals surface area contributed by atoms with Crippen molar-refractivity contribution in [2.24, 2.45) is 0 Å². The molecule has 4 aromatic rings. The molecular formula is C36H37F4N9O3. The van der Waals surface area contributed by atoms with E-state index in [9.17, 15) is 13.2 Å². The van der Waals surface area contributed by atoms with Crippen LogP contribution in [0.2, 0.25) is 0 Å². The van der Waals surface area contributed by atoms with Crippen molar-refractivity contribution in [3.63, 3.8) is 0 Å². The van der Waals surface area contributed by atoms with E-state index in [4.69, 9.17) is 34.7 Å². The fraction of sp³-hybridized carbons (Fsp3) is 0.472. The highest BCUT2D eigenvalue weighted by Crippen LogP contribution is 2.45. The van der Waals surface area contributed by atoms with Gasteiger partial charge in [-0.15, -0.1) is 16.1 Å². The maximum Gasteiger partial charge on any atom is 0.418 e. The summed E-state index contributed by atoms with van der Waals surface area (Å²) in [6.07, 6.45) is -2.97. The second-order valence-corrected chi connectivity index (χ2v) is 13.9. The number of nitrogens with two attached hydrogens (primary N) is 1. The molecule has 52 heavy (non-hydrogen) atoms. The summed E-state index contributed by atoms with van der Waals surface area (Å²) >= 11 is 0. The Morgan fingerprint density at radius 3 is 2.75 bits per heavy atom. The molecule has 0 unspecified atom stereocenters. The van der Waals surface area contributed by atoms with E-state index in [0.29, 0.717) is 67.2 Å². The minimum atomic E-state index is -4.93. The third-order valence-electron chi connectivity index (χ3n) is 10.3. The van der Waals surface area contributed by atoms with Crippen molar-refractivity contribution >= 4 is 11.5 Å². The quantitative estimate of drug-likeness (QED) is 0.117. The van der Waals surface area contributed by atoms with E-state index in [-0.39, 0.29) is 24.6 Å². The topological polar surface area (TPSA) is 133 Å². The zero-order valence-corrected chi connectivity index (χ0v) is 28.8. The highest BCUT2D eigenvalue weighted by Gasteiger charge is 2.47. The molecule has 12 nitrogen and oxygen atoms in total. The van der Waals surface area contributed by atoms with Gasteiger partial charge in [0.25, 0.3) is 5.89 Å². The molecule has 2 atom stereocenters. The lowest BCUT2D eigenvalue weighted by Crippen LogP contribution is -2.43. The number of benzene rings is 1. The van der Waals surface area contributed by atoms with Gasteiger partial charge >= 0.3 is 12.2 Å². The molecule has 0 spiro atoms. The summed E-state index contributed by atoms with van der Waals surface area (Å²) in [6, 6.07) is 2.90. The molecule has 0 amide bonds. The van der Waals surface area contributed by atoms with E-state index < -0.39 is 40.5 Å². The smallest absolute Gasteiger partial charge is 0.418 e. The van der Waals surface area contributed by atoms with Crippen LogP contribution in [0.5, 0.6) is 6.01 Å². The number of rotatable bonds is 6. The van der Waals surface area contributed by atoms with Crippen molar-refractivity contribution < 1.29 is 31.5 Å². The Labute approximate surface area is 297 Å². The number of ether oxygens (including phenoxy) is 2. The molecule has 16 heteroatoms. The third kappa shape index (κ3) is 6.05. The highest BCUT2D eigenvalue weighted by molar-refractivity contribution is 5.59. The summed E-state index contributed by atoms with van der Waals surface area (Å²) in [5.41, 5.74) is 6.49. The third-order valence-corrected chi connectivity index (χ3v) is 10.3. The van der Waals surface area contributed by atoms with Crippen LogP contribution in [-0.4, -0.2) is 66.6 Å². The van der Waals surface area contributed by atoms with Gasteiger partial charge in [0.2, 0.25) is 5.89 Å². The molecule has 2 saturated heterocycles. The Morgan fingerprint density at radius 1 is 1.13 bits per heavy atom. The van der Waals surface area contributed by atoms with Gasteiger partial charge < -0.3 is 24.5 Å². The first-order chi connectivity index (χ1) is 24.9. The van der Waals surface area contributed by atoms with Gasteiger partial charge in [0.05, 0.1) is 47.4 Å². The molecule has 0 bridgehead atoms. The number of halogens is 4. The summed E-state index contributed by atoms with van der Waals surface area (Å²) in [5, 5.41) is 12.7. The van der Waals surface area contributed by atoms with Gasteiger partial charge in [0.1, 0.15) is 18.1 Å². The minimum absolute atomic E-state index is 0.0922. The number of nitrogens with zero attached hydrogens (tertiary/aromatic N) is 8. The van der Waals surface area contributed by atoms with Gasteiger partial charge in [-0.1, -0.05) is 18.1 Å². The van der Waals surface area contributed by atoms with E-state index in [0.717, 1.165) is 49.7 Å². The zero-order valence-electron chi connectivity index (χ0n) is 28.8. The minimum Gasteiger partial charge on any atom is -0.461 e. The van der Waals surface area contributed by atoms with Crippen LogP contribution in [0.4, 0.5) is 29.1 Å². The molecule has 0 aliphatic carbocycles. The van der Waals surface area contributed by atoms with Gasteiger partial charge in [0.15, 0.2) is 5.82 Å². The zero-order chi connectivity index (χ0) is 36.4. The summed E-state index contributed by atoms with van der Waals surface area (Å²) in [6.45, 7) is 10.8. The molecule has 0 radical (unpaired) electrons. The Morgan fingerprint density at radius 2 is 1.98 bits per heavy atom. The molecule has 8 rings (SSSR count). The van der Waals surface area contributed by atoms with Crippen LogP contribution in [0, 0.1) is 24.6 Å². The van der Waals surface area contributed by atoms with E-state index in [2.05, 4.69) is 38.4 Å². The molecule has 4 aliphatic heterocycles. The van der Waals surface area contributed by atoms with Gasteiger partial charge in [-0.3, -0.25) is 9.58 Å². The highest BCUT2D eigenvalue weighted by atomic mass is 19.4. The van der Waals surface area contributed by atoms with Crippen molar-refractivity contribution in [2.45, 2.75) is 83.5 Å². The maximum absolute atomic E-state index is 15.7. The van der Waals surface area contributed by atoms with Crippen LogP contribution in [-0.2, 0) is 37.0 Å². The van der Waals surface area contributed by atoms with Crippen molar-refractivity contribution in [3.8, 4) is 29.4 Å². The van der Waals surface area contributed by atoms with E-state index in [1.807, 2.05) is 10.7 Å². The molecule has 7 heterocycles. The normalized spacial score (nSPS) is 21.7. The number of nitrogen functional groups attached to an aromatic ring is 1. The van der Waals surface area contributed by atoms with Gasteiger partial charge in [-0.2, -0.15) is 28.2 Å². The monoisotopic (exact) mass is 719 g/mol. The average molecular weight is 720 g/mol. The molecule has 2 N–H and O–H groups in total. The predicted octanol–water partition coefficient (Wildman–Crippen LogP) is 5.54. The molecular weight excluding hydrogens is 682 g/mol. The van der Waals surface area contributed by atoms with Gasteiger partial charge in [-0.05, 0) is 51.3 Å². The number of alkyl halides is 3. The van der Waals surface area contributed by atoms with Crippen LogP contribution in [0.1, 0.15) is 78.2 Å². The Balaban J connectivity index is 1.18. The first-order valence-corrected chi connectivity index (χ1v) is 17.2. The number of aromatic nitrogens is 6. The largest absolute Gasteiger partial charge is 0.461 e. The molecule has 1 aromatic carbocycles. The number of hydrogen-bond acceptors (Lipinski definition) is 11. The second kappa shape index (κ2) is 12.9. The predicted molar refractivity (Wildman–Crippen MR) is 180 cm³/mol. The summed E-state index contributed by atoms with van der Waals surface area (Å²) < 4.78 is 79.5. The summed E-state index contributed by atoms with van der Waals surface area (Å²) in [4.78, 5) is 14.1. The second-order valence-electron chi connectivity index (χ2n) is 13.9. The molecule has 4 aliphatic rings. The van der Waals surface area contributed by atoms with Crippen molar-refractivity contribution in [2.75, 3.05) is 36.9 Å². The van der Waals surface area contributed by atoms with E-state index in [1.54, 1.807) is 6.92 Å². The van der Waals surface area contributed by atoms with Crippen molar-refractivity contribution in [3.05, 3.63) is 69.6 Å². The summed E-state index contributed by atoms with van der Waals surface area (Å²) in [5.74, 6) is 5.01. The van der Waals surface area contributed by atoms with Gasteiger partial charge in [0, 0.05) is 49.7 Å². The van der Waals surface area contributed by atoms with Crippen molar-refractivity contribution in [1.29, 1.82) is 0 Å². The molecule has 272 valence electrons. The summed E-state index contributed by atoms with van der Waals surface area (Å²) in [7, 11) is 0. The van der Waals surface area contributed by atoms with Crippen LogP contribution >= 0.6 is 0 Å². The molecule has 2 fully saturated rings. The van der Waals surface area contributed by atoms with Crippen molar-refractivity contribution in [1.82, 2.24) is 34.8 Å². The molecule has 0 saturated carbocycles. The SMILES string of the molecule is C=C1CN2CCC[C@]2(COc2nc3c(c(N4CCCn5nc(-c6nnc(C)o6)cc5C4)n2)CO[C@H](c2c(F)c(N)cc(C#CC)c2C(F)(F)F)C3)C1. The Bertz CT molecular complexity index is 2130. The number of hydrogen-bond donors (Lipinski definition) is 1. The lowest BCUT2D eigenvalue weighted by atomic mass is 9.91. The first kappa shape index (κ1) is 34.1. The average Bonchev–Trinajstić information content (AvgIpc) is 3.85. The van der Waals surface area contributed by atoms with Crippen LogP contribution in [0.3, 0.4) is 0 Å². The Kier molecular flexibility index (Phi) is 8.45. The lowest BCUT2D eigenvalue weighted by molar-refractivity contribution is -0.140. The molecule has 3 aromatic heterocycles. The number of aryl methyl sites for hydroxylation is 2.